The van der Waals surface area contributed by atoms with Gasteiger partial charge in [0.15, 0.2) is 0 Å². The largest absolute Gasteiger partial charge is 0.352 e. The summed E-state index contributed by atoms with van der Waals surface area (Å²) in [6.07, 6.45) is 24.1. The molecule has 2 aliphatic rings. The molecular weight excluding hydrogens is 583 g/mol. The summed E-state index contributed by atoms with van der Waals surface area (Å²) in [5.41, 5.74) is 8.75. The lowest BCUT2D eigenvalue weighted by Crippen LogP contribution is -2.22. The van der Waals surface area contributed by atoms with Crippen LogP contribution < -0.4 is 10.6 Å². The third-order valence-electron chi connectivity index (χ3n) is 10.1. The maximum absolute atomic E-state index is 14.9. The molecule has 4 aromatic heterocycles. The number of hydrogen-bond donors (Lipinski definition) is 2. The van der Waals surface area contributed by atoms with Crippen molar-refractivity contribution >= 4 is 29.1 Å². The number of likely N-dealkylation sites (tertiary alicyclic amines) is 1. The van der Waals surface area contributed by atoms with Crippen LogP contribution >= 0.6 is 0 Å². The molecule has 5 aromatic rings. The molecule has 242 valence electrons. The zero-order valence-corrected chi connectivity index (χ0v) is 27.5. The predicted octanol–water partition coefficient (Wildman–Crippen LogP) is 7.60. The number of benzene rings is 1. The monoisotopic (exact) mass is 628 g/mol. The van der Waals surface area contributed by atoms with Crippen LogP contribution in [-0.2, 0) is 12.8 Å². The highest BCUT2D eigenvalue weighted by atomic mass is 19.1. The number of pyridine rings is 2. The van der Waals surface area contributed by atoms with E-state index in [9.17, 15) is 4.39 Å². The molecule has 7 heteroatoms. The summed E-state index contributed by atoms with van der Waals surface area (Å²) >= 11 is 0. The first-order chi connectivity index (χ1) is 23.0. The summed E-state index contributed by atoms with van der Waals surface area (Å²) in [5.74, 6) is 0.541. The Morgan fingerprint density at radius 3 is 2.62 bits per heavy atom. The molecule has 0 spiro atoms. The van der Waals surface area contributed by atoms with Crippen LogP contribution in [0, 0.1) is 11.7 Å². The minimum Gasteiger partial charge on any atom is -0.352 e. The second-order valence-electron chi connectivity index (χ2n) is 13.5. The van der Waals surface area contributed by atoms with Crippen LogP contribution in [0.4, 0.5) is 4.39 Å². The molecule has 1 saturated carbocycles. The topological polar surface area (TPSA) is 73.5 Å². The molecule has 0 bridgehead atoms. The fraction of sp³-hybridized carbons (Fsp3) is 0.375. The molecule has 1 aromatic carbocycles. The number of aromatic nitrogens is 5. The Morgan fingerprint density at radius 2 is 1.79 bits per heavy atom. The molecule has 0 unspecified atom stereocenters. The molecule has 6 nitrogen and oxygen atoms in total. The van der Waals surface area contributed by atoms with Gasteiger partial charge in [-0.2, -0.15) is 5.10 Å². The van der Waals surface area contributed by atoms with Gasteiger partial charge in [-0.05, 0) is 123 Å². The van der Waals surface area contributed by atoms with Gasteiger partial charge in [-0.3, -0.25) is 15.1 Å². The SMILES string of the molecule is C=c1[nH]nc(-c2cc3c(-c4cc(F)cc(CCCN5CCCC5)c4)cncc3[nH]2)/c1=C/C(=C\C)c1cncc(CC2CCCCC2)c1. The van der Waals surface area contributed by atoms with Crippen LogP contribution in [0.5, 0.6) is 0 Å². The van der Waals surface area contributed by atoms with E-state index in [-0.39, 0.29) is 5.82 Å². The summed E-state index contributed by atoms with van der Waals surface area (Å²) in [4.78, 5) is 15.2. The minimum absolute atomic E-state index is 0.214. The lowest BCUT2D eigenvalue weighted by molar-refractivity contribution is 0.334. The van der Waals surface area contributed by atoms with E-state index in [0.29, 0.717) is 0 Å². The molecule has 1 saturated heterocycles. The van der Waals surface area contributed by atoms with Crippen LogP contribution in [0.3, 0.4) is 0 Å². The van der Waals surface area contributed by atoms with E-state index in [1.807, 2.05) is 24.8 Å². The van der Waals surface area contributed by atoms with Crippen molar-refractivity contribution in [2.75, 3.05) is 19.6 Å². The van der Waals surface area contributed by atoms with Crippen LogP contribution in [0.15, 0.2) is 61.2 Å². The lowest BCUT2D eigenvalue weighted by atomic mass is 9.85. The van der Waals surface area contributed by atoms with Gasteiger partial charge in [-0.25, -0.2) is 4.39 Å². The van der Waals surface area contributed by atoms with Gasteiger partial charge in [0, 0.05) is 34.8 Å². The second-order valence-corrected chi connectivity index (χ2v) is 13.5. The average Bonchev–Trinajstić information content (AvgIpc) is 3.84. The fourth-order valence-electron chi connectivity index (χ4n) is 7.59. The van der Waals surface area contributed by atoms with Gasteiger partial charge >= 0.3 is 0 Å². The number of nitrogens with zero attached hydrogens (tertiary/aromatic N) is 4. The van der Waals surface area contributed by atoms with Gasteiger partial charge in [0.05, 0.1) is 22.8 Å². The zero-order chi connectivity index (χ0) is 32.2. The highest BCUT2D eigenvalue weighted by Gasteiger charge is 2.17. The van der Waals surface area contributed by atoms with Gasteiger partial charge in [0.1, 0.15) is 11.5 Å². The summed E-state index contributed by atoms with van der Waals surface area (Å²) in [6.45, 7) is 9.76. The highest BCUT2D eigenvalue weighted by Crippen LogP contribution is 2.32. The van der Waals surface area contributed by atoms with Crippen LogP contribution in [0.1, 0.15) is 75.0 Å². The molecular formula is C40H45FN6. The molecule has 0 atom stereocenters. The van der Waals surface area contributed by atoms with Gasteiger partial charge < -0.3 is 9.88 Å². The highest BCUT2D eigenvalue weighted by molar-refractivity contribution is 5.97. The van der Waals surface area contributed by atoms with Gasteiger partial charge in [0.2, 0.25) is 0 Å². The molecule has 2 N–H and O–H groups in total. The van der Waals surface area contributed by atoms with Crippen molar-refractivity contribution in [2.45, 2.75) is 71.1 Å². The van der Waals surface area contributed by atoms with Crippen molar-refractivity contribution in [3.05, 3.63) is 94.3 Å². The normalized spacial score (nSPS) is 16.9. The van der Waals surface area contributed by atoms with Gasteiger partial charge in [0.25, 0.3) is 0 Å². The number of fused-ring (bicyclic) bond motifs is 1. The first-order valence-electron chi connectivity index (χ1n) is 17.4. The van der Waals surface area contributed by atoms with E-state index >= 15 is 0 Å². The first-order valence-corrected chi connectivity index (χ1v) is 17.4. The summed E-state index contributed by atoms with van der Waals surface area (Å²) in [5, 5.41) is 10.4. The van der Waals surface area contributed by atoms with E-state index in [4.69, 9.17) is 0 Å². The third kappa shape index (κ3) is 7.15. The van der Waals surface area contributed by atoms with Gasteiger partial charge in [-0.1, -0.05) is 50.8 Å². The summed E-state index contributed by atoms with van der Waals surface area (Å²) in [7, 11) is 0. The number of H-pyrrole nitrogens is 2. The van der Waals surface area contributed by atoms with Crippen molar-refractivity contribution in [2.24, 2.45) is 5.92 Å². The molecule has 7 rings (SSSR count). The van der Waals surface area contributed by atoms with Crippen molar-refractivity contribution in [3.63, 3.8) is 0 Å². The van der Waals surface area contributed by atoms with Crippen LogP contribution in [-0.4, -0.2) is 49.7 Å². The second kappa shape index (κ2) is 14.2. The van der Waals surface area contributed by atoms with E-state index in [0.717, 1.165) is 92.4 Å². The fourth-order valence-corrected chi connectivity index (χ4v) is 7.59. The predicted molar refractivity (Wildman–Crippen MR) is 190 cm³/mol. The Bertz CT molecular complexity index is 1990. The Kier molecular flexibility index (Phi) is 9.43. The number of allylic oxidation sites excluding steroid dienone is 2. The van der Waals surface area contributed by atoms with E-state index in [1.54, 1.807) is 12.1 Å². The Balaban J connectivity index is 1.18. The van der Waals surface area contributed by atoms with Crippen molar-refractivity contribution in [1.29, 1.82) is 0 Å². The molecule has 0 radical (unpaired) electrons. The molecule has 1 aliphatic carbocycles. The standard InChI is InChI=1S/C40H45FN6/c1-3-31(33-18-30(23-42-24-33)16-28-10-5-4-6-11-28)21-35-27(2)45-46-40(35)38-22-36-37(25-43-26-39(36)44-38)32-17-29(19-34(41)20-32)12-9-15-47-13-7-8-14-47/h3,17-26,28,44-45H,2,4-16H2,1H3/b31-3+,35-21+. The Hall–Kier alpha value is -4.36. The lowest BCUT2D eigenvalue weighted by Gasteiger charge is -2.21. The van der Waals surface area contributed by atoms with Gasteiger partial charge in [-0.15, -0.1) is 0 Å². The molecule has 1 aliphatic heterocycles. The number of halogens is 1. The van der Waals surface area contributed by atoms with Crippen molar-refractivity contribution < 1.29 is 4.39 Å². The zero-order valence-electron chi connectivity index (χ0n) is 27.5. The first kappa shape index (κ1) is 31.3. The number of nitrogens with one attached hydrogen (secondary N) is 2. The molecule has 0 amide bonds. The molecule has 5 heterocycles. The van der Waals surface area contributed by atoms with E-state index in [1.165, 1.54) is 63.6 Å². The number of hydrogen-bond acceptors (Lipinski definition) is 4. The Labute approximate surface area is 276 Å². The maximum atomic E-state index is 14.9. The minimum atomic E-state index is -0.214. The quantitative estimate of drug-likeness (QED) is 0.167. The maximum Gasteiger partial charge on any atom is 0.124 e. The number of aryl methyl sites for hydroxylation is 1. The van der Waals surface area contributed by atoms with Crippen molar-refractivity contribution in [1.82, 2.24) is 30.0 Å². The smallest absolute Gasteiger partial charge is 0.124 e. The van der Waals surface area contributed by atoms with E-state index < -0.39 is 0 Å². The van der Waals surface area contributed by atoms with Crippen LogP contribution in [0.25, 0.3) is 51.6 Å². The third-order valence-corrected chi connectivity index (χ3v) is 10.1. The summed E-state index contributed by atoms with van der Waals surface area (Å²) in [6, 6.07) is 9.79. The number of rotatable bonds is 10. The Morgan fingerprint density at radius 1 is 0.957 bits per heavy atom. The average molecular weight is 629 g/mol. The van der Waals surface area contributed by atoms with Crippen molar-refractivity contribution in [3.8, 4) is 22.5 Å². The van der Waals surface area contributed by atoms with E-state index in [2.05, 4.69) is 73.9 Å². The summed E-state index contributed by atoms with van der Waals surface area (Å²) < 4.78 is 14.9. The molecule has 47 heavy (non-hydrogen) atoms. The number of aromatic amines is 2. The molecule has 2 fully saturated rings. The van der Waals surface area contributed by atoms with Crippen LogP contribution in [0.2, 0.25) is 0 Å².